The van der Waals surface area contributed by atoms with Crippen LogP contribution in [0.15, 0.2) is 109 Å². The molecular weight excluding hydrogens is 877 g/mol. The molecule has 0 radical (unpaired) electrons. The molecule has 0 aromatic rings. The molecule has 0 saturated carbocycles. The fourth-order valence-electron chi connectivity index (χ4n) is 7.83. The lowest BCUT2D eigenvalue weighted by atomic mass is 10.1. The molecule has 6 heteroatoms. The van der Waals surface area contributed by atoms with Gasteiger partial charge in [-0.3, -0.25) is 14.4 Å². The Morgan fingerprint density at radius 1 is 0.296 bits per heavy atom. The van der Waals surface area contributed by atoms with Crippen LogP contribution >= 0.6 is 0 Å². The monoisotopic (exact) mass is 985 g/mol. The summed E-state index contributed by atoms with van der Waals surface area (Å²) in [6.07, 6.45) is 79.4. The maximum absolute atomic E-state index is 12.9. The van der Waals surface area contributed by atoms with Gasteiger partial charge >= 0.3 is 17.9 Å². The SMILES string of the molecule is CC/C=C\C/C=C\C/C=C\C/C=C\C/C=C\CCCC(=O)OC[C@H](COC(=O)CCCCCCCCCCC/C=C\CCCCCCCC)OC(=O)CCCCCC/C=C\C/C=C\C/C=C\CCCCC. The van der Waals surface area contributed by atoms with Crippen LogP contribution in [0.3, 0.4) is 0 Å². The van der Waals surface area contributed by atoms with Crippen molar-refractivity contribution in [2.24, 2.45) is 0 Å². The van der Waals surface area contributed by atoms with Crippen LogP contribution in [0.5, 0.6) is 0 Å². The third-order valence-corrected chi connectivity index (χ3v) is 12.2. The van der Waals surface area contributed by atoms with Gasteiger partial charge in [0.2, 0.25) is 0 Å². The van der Waals surface area contributed by atoms with Crippen LogP contribution < -0.4 is 0 Å². The molecule has 404 valence electrons. The third kappa shape index (κ3) is 56.9. The van der Waals surface area contributed by atoms with Crippen LogP contribution in [0, 0.1) is 0 Å². The van der Waals surface area contributed by atoms with Crippen molar-refractivity contribution >= 4 is 17.9 Å². The van der Waals surface area contributed by atoms with Gasteiger partial charge in [-0.15, -0.1) is 0 Å². The Morgan fingerprint density at radius 3 is 0.958 bits per heavy atom. The van der Waals surface area contributed by atoms with Crippen molar-refractivity contribution in [1.29, 1.82) is 0 Å². The number of hydrogen-bond acceptors (Lipinski definition) is 6. The van der Waals surface area contributed by atoms with Gasteiger partial charge in [-0.1, -0.05) is 233 Å². The number of esters is 3. The number of hydrogen-bond donors (Lipinski definition) is 0. The Labute approximate surface area is 438 Å². The number of carbonyl (C=O) groups is 3. The molecule has 0 heterocycles. The lowest BCUT2D eigenvalue weighted by Gasteiger charge is -2.18. The Kier molecular flexibility index (Phi) is 55.4. The van der Waals surface area contributed by atoms with Gasteiger partial charge in [0.05, 0.1) is 0 Å². The third-order valence-electron chi connectivity index (χ3n) is 12.2. The van der Waals surface area contributed by atoms with Crippen LogP contribution in [-0.4, -0.2) is 37.2 Å². The van der Waals surface area contributed by atoms with E-state index in [9.17, 15) is 14.4 Å². The molecule has 0 aromatic heterocycles. The van der Waals surface area contributed by atoms with E-state index in [0.29, 0.717) is 12.8 Å². The highest BCUT2D eigenvalue weighted by Gasteiger charge is 2.19. The van der Waals surface area contributed by atoms with E-state index in [1.54, 1.807) is 0 Å². The molecule has 6 nitrogen and oxygen atoms in total. The minimum atomic E-state index is -0.816. The van der Waals surface area contributed by atoms with E-state index in [4.69, 9.17) is 14.2 Å². The Balaban J connectivity index is 4.51. The van der Waals surface area contributed by atoms with Crippen LogP contribution in [0.4, 0.5) is 0 Å². The van der Waals surface area contributed by atoms with Crippen LogP contribution in [0.1, 0.15) is 265 Å². The summed E-state index contributed by atoms with van der Waals surface area (Å²) in [5.74, 6) is -0.990. The fraction of sp³-hybridized carbons (Fsp3) is 0.677. The van der Waals surface area contributed by atoms with Crippen molar-refractivity contribution in [3.63, 3.8) is 0 Å². The van der Waals surface area contributed by atoms with Crippen molar-refractivity contribution in [1.82, 2.24) is 0 Å². The fourth-order valence-corrected chi connectivity index (χ4v) is 7.83. The molecule has 0 N–H and O–H groups in total. The Hall–Kier alpha value is -3.93. The van der Waals surface area contributed by atoms with E-state index in [-0.39, 0.29) is 44.0 Å². The molecule has 0 unspecified atom stereocenters. The van der Waals surface area contributed by atoms with E-state index < -0.39 is 6.10 Å². The highest BCUT2D eigenvalue weighted by atomic mass is 16.6. The van der Waals surface area contributed by atoms with Crippen LogP contribution in [-0.2, 0) is 28.6 Å². The zero-order valence-corrected chi connectivity index (χ0v) is 46.2. The van der Waals surface area contributed by atoms with E-state index in [0.717, 1.165) is 103 Å². The summed E-state index contributed by atoms with van der Waals surface area (Å²) in [6, 6.07) is 0. The van der Waals surface area contributed by atoms with Crippen molar-refractivity contribution < 1.29 is 28.6 Å². The average Bonchev–Trinajstić information content (AvgIpc) is 3.37. The summed E-state index contributed by atoms with van der Waals surface area (Å²) in [5, 5.41) is 0. The van der Waals surface area contributed by atoms with Crippen molar-refractivity contribution in [3.05, 3.63) is 109 Å². The molecular formula is C65H108O6. The van der Waals surface area contributed by atoms with E-state index in [2.05, 4.69) is 130 Å². The van der Waals surface area contributed by atoms with Gasteiger partial charge in [0, 0.05) is 19.3 Å². The van der Waals surface area contributed by atoms with Crippen molar-refractivity contribution in [2.75, 3.05) is 13.2 Å². The molecule has 0 aliphatic rings. The zero-order chi connectivity index (χ0) is 51.4. The quantitative estimate of drug-likeness (QED) is 0.0261. The zero-order valence-electron chi connectivity index (χ0n) is 46.2. The molecule has 0 rings (SSSR count). The lowest BCUT2D eigenvalue weighted by molar-refractivity contribution is -0.167. The van der Waals surface area contributed by atoms with E-state index in [1.807, 2.05) is 0 Å². The second-order valence-electron chi connectivity index (χ2n) is 19.2. The lowest BCUT2D eigenvalue weighted by Crippen LogP contribution is -2.30. The minimum Gasteiger partial charge on any atom is -0.462 e. The smallest absolute Gasteiger partial charge is 0.306 e. The average molecular weight is 986 g/mol. The first-order valence-corrected chi connectivity index (χ1v) is 29.4. The first kappa shape index (κ1) is 67.1. The highest BCUT2D eigenvalue weighted by molar-refractivity contribution is 5.71. The Morgan fingerprint density at radius 2 is 0.563 bits per heavy atom. The topological polar surface area (TPSA) is 78.9 Å². The molecule has 0 bridgehead atoms. The van der Waals surface area contributed by atoms with Gasteiger partial charge in [0.25, 0.3) is 0 Å². The van der Waals surface area contributed by atoms with Gasteiger partial charge in [-0.2, -0.15) is 0 Å². The molecule has 0 amide bonds. The molecule has 1 atom stereocenters. The van der Waals surface area contributed by atoms with E-state index >= 15 is 0 Å². The largest absolute Gasteiger partial charge is 0.462 e. The second-order valence-corrected chi connectivity index (χ2v) is 19.2. The number of allylic oxidation sites excluding steroid dienone is 18. The second kappa shape index (κ2) is 58.6. The van der Waals surface area contributed by atoms with Crippen LogP contribution in [0.2, 0.25) is 0 Å². The standard InChI is InChI=1S/C65H108O6/c1-4-7-10-13-16-19-22-25-28-31-32-35-37-40-43-46-49-52-55-58-64(67)70-61-62(71-65(68)59-56-53-50-47-44-41-38-34-30-27-24-21-18-15-12-9-6-3)60-69-63(66)57-54-51-48-45-42-39-36-33-29-26-23-20-17-14-11-8-5-2/h8,11,17-18,20-21,25-30,36,38-39,41,45,48,62H,4-7,9-10,12-16,19,22-24,31-35,37,40,42-44,46-47,49-61H2,1-3H3/b11-8-,20-17-,21-18-,28-25-,29-26-,30-27-,39-36-,41-38-,48-45-/t62-/m1/s1. The predicted molar refractivity (Wildman–Crippen MR) is 307 cm³/mol. The summed E-state index contributed by atoms with van der Waals surface area (Å²) >= 11 is 0. The number of ether oxygens (including phenoxy) is 3. The molecule has 0 aliphatic carbocycles. The van der Waals surface area contributed by atoms with Gasteiger partial charge in [-0.25, -0.2) is 0 Å². The summed E-state index contributed by atoms with van der Waals surface area (Å²) in [5.41, 5.74) is 0. The molecule has 0 fully saturated rings. The minimum absolute atomic E-state index is 0.107. The maximum atomic E-state index is 12.9. The van der Waals surface area contributed by atoms with E-state index in [1.165, 1.54) is 116 Å². The molecule has 71 heavy (non-hydrogen) atoms. The number of carbonyl (C=O) groups excluding carboxylic acids is 3. The molecule has 0 spiro atoms. The summed E-state index contributed by atoms with van der Waals surface area (Å²) in [4.78, 5) is 38.2. The predicted octanol–water partition coefficient (Wildman–Crippen LogP) is 19.9. The van der Waals surface area contributed by atoms with Gasteiger partial charge < -0.3 is 14.2 Å². The van der Waals surface area contributed by atoms with Crippen molar-refractivity contribution in [3.8, 4) is 0 Å². The molecule has 0 saturated heterocycles. The van der Waals surface area contributed by atoms with Gasteiger partial charge in [0.1, 0.15) is 13.2 Å². The molecule has 0 aromatic carbocycles. The van der Waals surface area contributed by atoms with Gasteiger partial charge in [-0.05, 0) is 122 Å². The maximum Gasteiger partial charge on any atom is 0.306 e. The molecule has 0 aliphatic heterocycles. The Bertz CT molecular complexity index is 1460. The number of unbranched alkanes of at least 4 members (excludes halogenated alkanes) is 23. The van der Waals surface area contributed by atoms with Gasteiger partial charge in [0.15, 0.2) is 6.10 Å². The summed E-state index contributed by atoms with van der Waals surface area (Å²) < 4.78 is 16.8. The normalized spacial score (nSPS) is 12.9. The first-order chi connectivity index (χ1) is 35.0. The summed E-state index contributed by atoms with van der Waals surface area (Å²) in [6.45, 7) is 6.43. The first-order valence-electron chi connectivity index (χ1n) is 29.4. The van der Waals surface area contributed by atoms with Crippen LogP contribution in [0.25, 0.3) is 0 Å². The number of rotatable bonds is 52. The van der Waals surface area contributed by atoms with Crippen molar-refractivity contribution in [2.45, 2.75) is 271 Å². The highest BCUT2D eigenvalue weighted by Crippen LogP contribution is 2.14. The summed E-state index contributed by atoms with van der Waals surface area (Å²) in [7, 11) is 0.